The predicted molar refractivity (Wildman–Crippen MR) is 79.9 cm³/mol. The van der Waals surface area contributed by atoms with Gasteiger partial charge in [-0.25, -0.2) is 13.1 Å². The normalized spacial score (nSPS) is 11.3. The van der Waals surface area contributed by atoms with Gasteiger partial charge in [-0.3, -0.25) is 0 Å². The molecular weight excluding hydrogens is 330 g/mol. The predicted octanol–water partition coefficient (Wildman–Crippen LogP) is 3.09. The lowest BCUT2D eigenvalue weighted by atomic mass is 10.3. The molecule has 6 heteroatoms. The average Bonchev–Trinajstić information content (AvgIpc) is 2.38. The molecule has 0 bridgehead atoms. The van der Waals surface area contributed by atoms with Gasteiger partial charge in [0, 0.05) is 12.6 Å². The van der Waals surface area contributed by atoms with Crippen LogP contribution < -0.4 is 9.46 Å². The maximum absolute atomic E-state index is 12.0. The number of sulfonamides is 1. The third-order valence-corrected chi connectivity index (χ3v) is 4.46. The molecule has 0 aliphatic heterocycles. The standard InChI is InChI=1S/C13H18BrNO3S/c1-3-5-9-18-13-10-11(6-7-12(13)14)19(16,17)15-8-4-2/h4,6-7,10,15H,2-3,5,8-9H2,1H3. The molecule has 0 unspecified atom stereocenters. The maximum atomic E-state index is 12.0. The number of hydrogen-bond acceptors (Lipinski definition) is 3. The zero-order valence-corrected chi connectivity index (χ0v) is 13.3. The van der Waals surface area contributed by atoms with Crippen molar-refractivity contribution in [2.75, 3.05) is 13.2 Å². The number of halogens is 1. The van der Waals surface area contributed by atoms with Crippen LogP contribution in [-0.2, 0) is 10.0 Å². The van der Waals surface area contributed by atoms with Gasteiger partial charge in [-0.05, 0) is 34.5 Å². The molecule has 0 atom stereocenters. The van der Waals surface area contributed by atoms with Crippen molar-refractivity contribution in [3.63, 3.8) is 0 Å². The highest BCUT2D eigenvalue weighted by Crippen LogP contribution is 2.28. The van der Waals surface area contributed by atoms with E-state index in [0.717, 1.165) is 17.3 Å². The Kier molecular flexibility index (Phi) is 6.54. The van der Waals surface area contributed by atoms with Gasteiger partial charge < -0.3 is 4.74 Å². The van der Waals surface area contributed by atoms with Crippen molar-refractivity contribution >= 4 is 26.0 Å². The van der Waals surface area contributed by atoms with Crippen molar-refractivity contribution in [2.24, 2.45) is 0 Å². The van der Waals surface area contributed by atoms with Crippen molar-refractivity contribution in [3.05, 3.63) is 35.3 Å². The summed E-state index contributed by atoms with van der Waals surface area (Å²) in [5, 5.41) is 0. The summed E-state index contributed by atoms with van der Waals surface area (Å²) < 4.78 is 32.6. The van der Waals surface area contributed by atoms with Crippen molar-refractivity contribution in [1.82, 2.24) is 4.72 Å². The van der Waals surface area contributed by atoms with E-state index in [2.05, 4.69) is 34.2 Å². The van der Waals surface area contributed by atoms with Gasteiger partial charge in [0.2, 0.25) is 10.0 Å². The molecule has 1 N–H and O–H groups in total. The van der Waals surface area contributed by atoms with Crippen molar-refractivity contribution in [3.8, 4) is 5.75 Å². The smallest absolute Gasteiger partial charge is 0.240 e. The lowest BCUT2D eigenvalue weighted by Gasteiger charge is -2.10. The fourth-order valence-electron chi connectivity index (χ4n) is 1.34. The van der Waals surface area contributed by atoms with Gasteiger partial charge in [0.05, 0.1) is 16.0 Å². The van der Waals surface area contributed by atoms with E-state index in [4.69, 9.17) is 4.74 Å². The molecule has 0 fully saturated rings. The first kappa shape index (κ1) is 16.2. The van der Waals surface area contributed by atoms with E-state index in [-0.39, 0.29) is 11.4 Å². The molecule has 0 spiro atoms. The van der Waals surface area contributed by atoms with E-state index < -0.39 is 10.0 Å². The van der Waals surface area contributed by atoms with Gasteiger partial charge >= 0.3 is 0 Å². The second kappa shape index (κ2) is 7.67. The first-order valence-electron chi connectivity index (χ1n) is 6.04. The van der Waals surface area contributed by atoms with E-state index in [9.17, 15) is 8.42 Å². The number of nitrogens with one attached hydrogen (secondary N) is 1. The summed E-state index contributed by atoms with van der Waals surface area (Å²) in [5.74, 6) is 0.537. The topological polar surface area (TPSA) is 55.4 Å². The van der Waals surface area contributed by atoms with Gasteiger partial charge in [-0.1, -0.05) is 19.4 Å². The Morgan fingerprint density at radius 2 is 2.21 bits per heavy atom. The molecule has 0 saturated carbocycles. The Balaban J connectivity index is 2.91. The summed E-state index contributed by atoms with van der Waals surface area (Å²) in [6, 6.07) is 4.72. The van der Waals surface area contributed by atoms with E-state index >= 15 is 0 Å². The minimum Gasteiger partial charge on any atom is -0.492 e. The van der Waals surface area contributed by atoms with E-state index in [0.29, 0.717) is 12.4 Å². The summed E-state index contributed by atoms with van der Waals surface area (Å²) in [4.78, 5) is 0.184. The maximum Gasteiger partial charge on any atom is 0.240 e. The van der Waals surface area contributed by atoms with Crippen LogP contribution in [0, 0.1) is 0 Å². The van der Waals surface area contributed by atoms with Crippen LogP contribution in [0.2, 0.25) is 0 Å². The second-order valence-corrected chi connectivity index (χ2v) is 6.56. The molecule has 1 aromatic carbocycles. The number of benzene rings is 1. The number of hydrogen-bond donors (Lipinski definition) is 1. The van der Waals surface area contributed by atoms with E-state index in [1.807, 2.05) is 0 Å². The van der Waals surface area contributed by atoms with Crippen LogP contribution in [-0.4, -0.2) is 21.6 Å². The van der Waals surface area contributed by atoms with Crippen molar-refractivity contribution in [2.45, 2.75) is 24.7 Å². The van der Waals surface area contributed by atoms with Crippen LogP contribution in [0.25, 0.3) is 0 Å². The third-order valence-electron chi connectivity index (χ3n) is 2.39. The molecule has 0 amide bonds. The fourth-order valence-corrected chi connectivity index (χ4v) is 2.71. The van der Waals surface area contributed by atoms with Crippen LogP contribution in [0.15, 0.2) is 40.2 Å². The van der Waals surface area contributed by atoms with E-state index in [1.54, 1.807) is 6.07 Å². The Morgan fingerprint density at radius 3 is 2.84 bits per heavy atom. The summed E-state index contributed by atoms with van der Waals surface area (Å²) in [7, 11) is -3.51. The second-order valence-electron chi connectivity index (χ2n) is 3.93. The van der Waals surface area contributed by atoms with Crippen LogP contribution in [0.4, 0.5) is 0 Å². The third kappa shape index (κ3) is 4.97. The largest absolute Gasteiger partial charge is 0.492 e. The van der Waals surface area contributed by atoms with Crippen LogP contribution in [0.1, 0.15) is 19.8 Å². The van der Waals surface area contributed by atoms with Gasteiger partial charge in [0.15, 0.2) is 0 Å². The monoisotopic (exact) mass is 347 g/mol. The Morgan fingerprint density at radius 1 is 1.47 bits per heavy atom. The van der Waals surface area contributed by atoms with Crippen molar-refractivity contribution in [1.29, 1.82) is 0 Å². The SMILES string of the molecule is C=CCNS(=O)(=O)c1ccc(Br)c(OCCCC)c1. The fraction of sp³-hybridized carbons (Fsp3) is 0.385. The van der Waals surface area contributed by atoms with Gasteiger partial charge in [0.25, 0.3) is 0 Å². The lowest BCUT2D eigenvalue weighted by Crippen LogP contribution is -2.23. The minimum atomic E-state index is -3.51. The molecule has 0 heterocycles. The van der Waals surface area contributed by atoms with E-state index in [1.165, 1.54) is 18.2 Å². The molecule has 0 saturated heterocycles. The molecule has 0 aromatic heterocycles. The van der Waals surface area contributed by atoms with Gasteiger partial charge in [-0.2, -0.15) is 0 Å². The molecule has 0 aliphatic rings. The summed E-state index contributed by atoms with van der Waals surface area (Å²) >= 11 is 3.35. The number of unbranched alkanes of at least 4 members (excludes halogenated alkanes) is 1. The minimum absolute atomic E-state index is 0.184. The molecule has 0 radical (unpaired) electrons. The Labute approximate surface area is 123 Å². The molecule has 0 aliphatic carbocycles. The highest BCUT2D eigenvalue weighted by atomic mass is 79.9. The Bertz CT molecular complexity index is 529. The molecule has 106 valence electrons. The molecule has 1 aromatic rings. The quantitative estimate of drug-likeness (QED) is 0.580. The first-order chi connectivity index (χ1) is 9.01. The van der Waals surface area contributed by atoms with Crippen LogP contribution in [0.5, 0.6) is 5.75 Å². The first-order valence-corrected chi connectivity index (χ1v) is 8.31. The summed E-state index contributed by atoms with van der Waals surface area (Å²) in [6.45, 7) is 6.31. The lowest BCUT2D eigenvalue weighted by molar-refractivity contribution is 0.306. The molecule has 1 rings (SSSR count). The van der Waals surface area contributed by atoms with Gasteiger partial charge in [0.1, 0.15) is 5.75 Å². The van der Waals surface area contributed by atoms with Crippen LogP contribution in [0.3, 0.4) is 0 Å². The zero-order chi connectivity index (χ0) is 14.3. The highest BCUT2D eigenvalue weighted by Gasteiger charge is 2.15. The highest BCUT2D eigenvalue weighted by molar-refractivity contribution is 9.10. The number of ether oxygens (including phenoxy) is 1. The molecule has 4 nitrogen and oxygen atoms in total. The average molecular weight is 348 g/mol. The number of rotatable bonds is 8. The van der Waals surface area contributed by atoms with Crippen molar-refractivity contribution < 1.29 is 13.2 Å². The summed E-state index contributed by atoms with van der Waals surface area (Å²) in [5.41, 5.74) is 0. The molecule has 19 heavy (non-hydrogen) atoms. The Hall–Kier alpha value is -0.850. The van der Waals surface area contributed by atoms with Gasteiger partial charge in [-0.15, -0.1) is 6.58 Å². The molecular formula is C13H18BrNO3S. The summed E-state index contributed by atoms with van der Waals surface area (Å²) in [6.07, 6.45) is 3.45. The van der Waals surface area contributed by atoms with Crippen LogP contribution >= 0.6 is 15.9 Å². The zero-order valence-electron chi connectivity index (χ0n) is 10.9.